The van der Waals surface area contributed by atoms with Crippen LogP contribution in [0.3, 0.4) is 0 Å². The van der Waals surface area contributed by atoms with Crippen molar-refractivity contribution in [1.82, 2.24) is 0 Å². The Hall–Kier alpha value is -3.00. The zero-order valence-electron chi connectivity index (χ0n) is 28.3. The van der Waals surface area contributed by atoms with E-state index in [0.717, 1.165) is 0 Å². The number of allylic oxidation sites excluding steroid dienone is 2. The van der Waals surface area contributed by atoms with Gasteiger partial charge in [0.15, 0.2) is 0 Å². The van der Waals surface area contributed by atoms with E-state index < -0.39 is 21.5 Å². The second-order valence-corrected chi connectivity index (χ2v) is 57.1. The van der Waals surface area contributed by atoms with Gasteiger partial charge in [-0.1, -0.05) is 0 Å². The number of benzene rings is 6. The third-order valence-electron chi connectivity index (χ3n) is 11.4. The van der Waals surface area contributed by atoms with Gasteiger partial charge in [0.25, 0.3) is 0 Å². The van der Waals surface area contributed by atoms with E-state index in [0.29, 0.717) is 5.92 Å². The molecule has 0 aromatic heterocycles. The standard InChI is InChI=1S/C22H19.C20H15.C2H7Si.2ClH.Zr/c1-15(2)18-13-17-9-6-12-21(22(17)14-18)20-11-5-8-16-7-3-4-10-19(16)20;1-14-12-16-8-5-11-19(20(16)13-14)18-10-4-7-15-6-2-3-9-17(15)18;1-3-2;;;/h3-15H,1-2H3;2-13H,1H3;3H,1-2H3;2*1H;/q;;;;;+2/p-2. The molecule has 0 radical (unpaired) electrons. The first-order valence-corrected chi connectivity index (χ1v) is 33.6. The summed E-state index contributed by atoms with van der Waals surface area (Å²) in [6.45, 7) is 11.8. The first-order chi connectivity index (χ1) is 23.1. The number of fused-ring (bicyclic) bond motifs is 4. The maximum atomic E-state index is 8.67. The van der Waals surface area contributed by atoms with Crippen LogP contribution in [0.5, 0.6) is 0 Å². The van der Waals surface area contributed by atoms with Crippen molar-refractivity contribution >= 4 is 56.6 Å². The normalized spacial score (nSPS) is 18.1. The molecule has 0 nitrogen and oxygen atoms in total. The summed E-state index contributed by atoms with van der Waals surface area (Å²) in [5.41, 5.74) is 13.1. The van der Waals surface area contributed by atoms with Crippen LogP contribution >= 0.6 is 17.0 Å². The van der Waals surface area contributed by atoms with Crippen LogP contribution in [-0.4, -0.2) is 5.92 Å². The molecule has 2 unspecified atom stereocenters. The van der Waals surface area contributed by atoms with Crippen LogP contribution in [0.25, 0.3) is 56.0 Å². The molecule has 2 atom stereocenters. The molecule has 48 heavy (non-hydrogen) atoms. The first kappa shape index (κ1) is 32.2. The number of hydrogen-bond acceptors (Lipinski definition) is 0. The van der Waals surface area contributed by atoms with E-state index in [1.807, 2.05) is 0 Å². The Balaban J connectivity index is 1.35. The summed E-state index contributed by atoms with van der Waals surface area (Å²) in [6, 6.07) is 44.5. The molecule has 0 aliphatic heterocycles. The van der Waals surface area contributed by atoms with Crippen LogP contribution in [0.15, 0.2) is 132 Å². The van der Waals surface area contributed by atoms with Crippen LogP contribution in [0, 0.1) is 5.92 Å². The van der Waals surface area contributed by atoms with Gasteiger partial charge in [0.1, 0.15) is 0 Å². The van der Waals surface area contributed by atoms with Crippen LogP contribution in [0.1, 0.15) is 50.3 Å². The third kappa shape index (κ3) is 4.70. The fraction of sp³-hybridized carbons (Fsp3) is 0.182. The van der Waals surface area contributed by atoms with E-state index in [1.54, 1.807) is 0 Å². The van der Waals surface area contributed by atoms with E-state index in [2.05, 4.69) is 167 Å². The van der Waals surface area contributed by atoms with Gasteiger partial charge in [-0.15, -0.1) is 0 Å². The van der Waals surface area contributed by atoms with E-state index >= 15 is 0 Å². The minimum atomic E-state index is -4.87. The quantitative estimate of drug-likeness (QED) is 0.148. The molecule has 0 bridgehead atoms. The average molecular weight is 760 g/mol. The second-order valence-electron chi connectivity index (χ2n) is 14.6. The van der Waals surface area contributed by atoms with Gasteiger partial charge in [0.2, 0.25) is 0 Å². The molecular weight excluding hydrogens is 719 g/mol. The van der Waals surface area contributed by atoms with Crippen molar-refractivity contribution in [3.8, 4) is 22.3 Å². The van der Waals surface area contributed by atoms with E-state index in [9.17, 15) is 0 Å². The molecule has 239 valence electrons. The summed E-state index contributed by atoms with van der Waals surface area (Å²) in [4.78, 5) is 0. The third-order valence-corrected chi connectivity index (χ3v) is 63.4. The van der Waals surface area contributed by atoms with Crippen molar-refractivity contribution in [1.29, 1.82) is 0 Å². The van der Waals surface area contributed by atoms with Crippen LogP contribution < -0.4 is 0 Å². The van der Waals surface area contributed by atoms with Gasteiger partial charge in [-0.05, 0) is 0 Å². The Morgan fingerprint density at radius 2 is 0.979 bits per heavy atom. The molecule has 0 heterocycles. The average Bonchev–Trinajstić information content (AvgIpc) is 3.67. The Kier molecular flexibility index (Phi) is 7.93. The summed E-state index contributed by atoms with van der Waals surface area (Å²) in [7, 11) is 17.3. The fourth-order valence-corrected chi connectivity index (χ4v) is 41.3. The molecular formula is C44H41Cl2SiZr. The topological polar surface area (TPSA) is 0 Å². The van der Waals surface area contributed by atoms with Gasteiger partial charge in [0.05, 0.1) is 0 Å². The van der Waals surface area contributed by atoms with Gasteiger partial charge in [0, 0.05) is 0 Å². The summed E-state index contributed by atoms with van der Waals surface area (Å²) in [5, 5.41) is 5.07. The SMILES string of the molecule is CC1=Cc2c(-c3cccc4ccccc34)cccc2[CH]1[Zr]([Cl])([Cl])([CH]1C(C(C)C)=Cc2c(-c3cccc4ccccc34)cccc21)[SiH](C)C. The first-order valence-electron chi connectivity index (χ1n) is 17.3. The Bertz CT molecular complexity index is 2320. The van der Waals surface area contributed by atoms with Crippen LogP contribution in [-0.2, 0) is 15.6 Å². The van der Waals surface area contributed by atoms with Crippen LogP contribution in [0.4, 0.5) is 0 Å². The Morgan fingerprint density at radius 1 is 0.542 bits per heavy atom. The number of halogens is 2. The van der Waals surface area contributed by atoms with Crippen LogP contribution in [0.2, 0.25) is 13.1 Å². The minimum absolute atomic E-state index is 0.0608. The molecule has 2 aliphatic carbocycles. The van der Waals surface area contributed by atoms with E-state index in [-0.39, 0.29) is 7.25 Å². The van der Waals surface area contributed by atoms with Gasteiger partial charge >= 0.3 is 296 Å². The molecule has 0 saturated heterocycles. The van der Waals surface area contributed by atoms with Gasteiger partial charge in [-0.3, -0.25) is 0 Å². The molecule has 6 aromatic rings. The molecule has 0 N–H and O–H groups in total. The second kappa shape index (κ2) is 11.8. The van der Waals surface area contributed by atoms with E-state index in [4.69, 9.17) is 17.0 Å². The van der Waals surface area contributed by atoms with Crippen molar-refractivity contribution in [3.05, 3.63) is 155 Å². The molecule has 6 aromatic carbocycles. The van der Waals surface area contributed by atoms with Crippen molar-refractivity contribution < 1.29 is 15.6 Å². The number of hydrogen-bond donors (Lipinski definition) is 0. The number of rotatable bonds is 6. The molecule has 2 aliphatic rings. The maximum absolute atomic E-state index is 8.67. The van der Waals surface area contributed by atoms with Crippen molar-refractivity contribution in [2.75, 3.05) is 0 Å². The summed E-state index contributed by atoms with van der Waals surface area (Å²) in [6.07, 6.45) is 4.91. The summed E-state index contributed by atoms with van der Waals surface area (Å²) >= 11 is -4.87. The molecule has 8 rings (SSSR count). The zero-order chi connectivity index (χ0) is 33.4. The zero-order valence-corrected chi connectivity index (χ0v) is 33.4. The monoisotopic (exact) mass is 757 g/mol. The van der Waals surface area contributed by atoms with Crippen molar-refractivity contribution in [2.24, 2.45) is 5.92 Å². The summed E-state index contributed by atoms with van der Waals surface area (Å²) in [5.74, 6) is -1.33. The predicted octanol–water partition coefficient (Wildman–Crippen LogP) is 13.6. The summed E-state index contributed by atoms with van der Waals surface area (Å²) < 4.78 is 0.123. The molecule has 0 amide bonds. The van der Waals surface area contributed by atoms with Crippen molar-refractivity contribution in [3.63, 3.8) is 0 Å². The predicted molar refractivity (Wildman–Crippen MR) is 211 cm³/mol. The molecule has 4 heteroatoms. The fourth-order valence-electron chi connectivity index (χ4n) is 9.05. The van der Waals surface area contributed by atoms with E-state index in [1.165, 1.54) is 77.2 Å². The van der Waals surface area contributed by atoms with Gasteiger partial charge < -0.3 is 0 Å². The van der Waals surface area contributed by atoms with Gasteiger partial charge in [-0.25, -0.2) is 0 Å². The Morgan fingerprint density at radius 3 is 1.50 bits per heavy atom. The Labute approximate surface area is 293 Å². The molecule has 0 saturated carbocycles. The van der Waals surface area contributed by atoms with Crippen molar-refractivity contribution in [2.45, 2.75) is 41.1 Å². The molecule has 0 spiro atoms. The van der Waals surface area contributed by atoms with Gasteiger partial charge in [-0.2, -0.15) is 0 Å². The molecule has 0 fully saturated rings.